The van der Waals surface area contributed by atoms with E-state index in [9.17, 15) is 4.79 Å². The summed E-state index contributed by atoms with van der Waals surface area (Å²) in [6.45, 7) is 14.5. The third kappa shape index (κ3) is 9.30. The highest BCUT2D eigenvalue weighted by molar-refractivity contribution is 5.63. The largest absolute Gasteiger partial charge is 0.490 e. The van der Waals surface area contributed by atoms with Crippen LogP contribution in [-0.4, -0.2) is 16.7 Å². The molecule has 1 aliphatic carbocycles. The van der Waals surface area contributed by atoms with Gasteiger partial charge in [-0.25, -0.2) is 0 Å². The highest BCUT2D eigenvalue weighted by atomic mass is 16.5. The lowest BCUT2D eigenvalue weighted by molar-refractivity contribution is 0.402. The van der Waals surface area contributed by atoms with Gasteiger partial charge in [0.15, 0.2) is 0 Å². The molecule has 6 nitrogen and oxygen atoms in total. The van der Waals surface area contributed by atoms with Gasteiger partial charge < -0.3 is 19.4 Å². The molecule has 37 heavy (non-hydrogen) atoms. The number of nitrogens with one attached hydrogen (secondary N) is 1. The lowest BCUT2D eigenvalue weighted by Gasteiger charge is -2.18. The molecule has 1 heterocycles. The van der Waals surface area contributed by atoms with Gasteiger partial charge in [0.25, 0.3) is 0 Å². The van der Waals surface area contributed by atoms with Crippen molar-refractivity contribution >= 4 is 11.6 Å². The van der Waals surface area contributed by atoms with E-state index in [0.717, 1.165) is 41.2 Å². The Labute approximate surface area is 222 Å². The summed E-state index contributed by atoms with van der Waals surface area (Å²) in [7, 11) is 1.47. The third-order valence-electron chi connectivity index (χ3n) is 5.10. The molecular formula is C31H43N3O3. The van der Waals surface area contributed by atoms with Gasteiger partial charge in [0.05, 0.1) is 19.9 Å². The average Bonchev–Trinajstić information content (AvgIpc) is 2.96. The number of anilines is 2. The fraction of sp³-hybridized carbons (Fsp3) is 0.355. The second kappa shape index (κ2) is 17.6. The zero-order chi connectivity index (χ0) is 27.6. The number of rotatable bonds is 7. The van der Waals surface area contributed by atoms with Gasteiger partial charge in [-0.05, 0) is 49.6 Å². The van der Waals surface area contributed by atoms with E-state index in [0.29, 0.717) is 12.5 Å². The maximum Gasteiger partial charge on any atom is 0.316 e. The predicted molar refractivity (Wildman–Crippen MR) is 156 cm³/mol. The number of allylic oxidation sites excluding steroid dienone is 3. The summed E-state index contributed by atoms with van der Waals surface area (Å²) in [5, 5.41) is 3.31. The zero-order valence-corrected chi connectivity index (χ0v) is 23.7. The minimum Gasteiger partial charge on any atom is -0.490 e. The fourth-order valence-corrected chi connectivity index (χ4v) is 3.39. The van der Waals surface area contributed by atoms with Crippen LogP contribution < -0.4 is 20.3 Å². The van der Waals surface area contributed by atoms with E-state index in [1.165, 1.54) is 7.11 Å². The minimum atomic E-state index is -0.420. The van der Waals surface area contributed by atoms with Crippen LogP contribution in [0.15, 0.2) is 83.5 Å². The van der Waals surface area contributed by atoms with Crippen LogP contribution in [0.3, 0.4) is 0 Å². The minimum absolute atomic E-state index is 0.200. The van der Waals surface area contributed by atoms with E-state index in [4.69, 9.17) is 9.47 Å². The summed E-state index contributed by atoms with van der Waals surface area (Å²) in [4.78, 5) is 16.6. The molecule has 1 aliphatic rings. The molecule has 200 valence electrons. The van der Waals surface area contributed by atoms with E-state index < -0.39 is 5.56 Å². The van der Waals surface area contributed by atoms with Gasteiger partial charge in [-0.15, -0.1) is 0 Å². The van der Waals surface area contributed by atoms with Crippen LogP contribution in [0.4, 0.5) is 11.6 Å². The Balaban J connectivity index is 0.00000106. The van der Waals surface area contributed by atoms with Crippen LogP contribution in [0, 0.1) is 6.92 Å². The second-order valence-electron chi connectivity index (χ2n) is 7.29. The molecule has 2 aromatic carbocycles. The Bertz CT molecular complexity index is 1180. The first-order valence-corrected chi connectivity index (χ1v) is 13.2. The maximum absolute atomic E-state index is 12.4. The molecule has 0 saturated carbocycles. The number of aromatic nitrogens is 2. The number of hydrogen-bond donors (Lipinski definition) is 1. The molecule has 0 bridgehead atoms. The van der Waals surface area contributed by atoms with Crippen LogP contribution in [0.1, 0.15) is 65.5 Å². The molecule has 1 aromatic heterocycles. The molecular weight excluding hydrogens is 462 g/mol. The fourth-order valence-electron chi connectivity index (χ4n) is 3.39. The Morgan fingerprint density at radius 3 is 2.24 bits per heavy atom. The first-order chi connectivity index (χ1) is 18.1. The summed E-state index contributed by atoms with van der Waals surface area (Å²) >= 11 is 0. The first-order valence-electron chi connectivity index (χ1n) is 13.2. The second-order valence-corrected chi connectivity index (χ2v) is 7.29. The lowest BCUT2D eigenvalue weighted by Crippen LogP contribution is -2.19. The van der Waals surface area contributed by atoms with Gasteiger partial charge in [0.1, 0.15) is 11.5 Å². The van der Waals surface area contributed by atoms with Crippen LogP contribution in [0.2, 0.25) is 0 Å². The first kappa shape index (κ1) is 31.2. The molecule has 0 atom stereocenters. The normalized spacial score (nSPS) is 11.3. The summed E-state index contributed by atoms with van der Waals surface area (Å²) in [5.41, 5.74) is 2.41. The topological polar surface area (TPSA) is 65.4 Å². The van der Waals surface area contributed by atoms with E-state index in [1.54, 1.807) is 6.20 Å². The van der Waals surface area contributed by atoms with Gasteiger partial charge in [0, 0.05) is 11.3 Å². The van der Waals surface area contributed by atoms with Gasteiger partial charge in [-0.2, -0.15) is 4.98 Å². The quantitative estimate of drug-likeness (QED) is 0.352. The standard InChI is InChI=1S/C25H25N3O3.3C2H6/c1-18-21(14-9-15-22(18)31-20-12-7-4-8-13-20)26-25-27-24(29)23(30-2)17-28(25)16-19-10-5-3-6-11-19;3*1-2/h3,5-7,9-15,17H,4,8,16H2,1-2H3,(H,26,27,29);3*1-2H3. The average molecular weight is 506 g/mol. The van der Waals surface area contributed by atoms with Crippen molar-refractivity contribution in [2.24, 2.45) is 0 Å². The smallest absolute Gasteiger partial charge is 0.316 e. The molecule has 0 fully saturated rings. The Morgan fingerprint density at radius 2 is 1.62 bits per heavy atom. The number of benzene rings is 2. The van der Waals surface area contributed by atoms with E-state index in [2.05, 4.69) is 22.5 Å². The van der Waals surface area contributed by atoms with Crippen LogP contribution >= 0.6 is 0 Å². The van der Waals surface area contributed by atoms with Gasteiger partial charge in [-0.3, -0.25) is 4.79 Å². The number of methoxy groups -OCH3 is 1. The monoisotopic (exact) mass is 505 g/mol. The molecule has 0 saturated heterocycles. The summed E-state index contributed by atoms with van der Waals surface area (Å²) < 4.78 is 13.1. The van der Waals surface area contributed by atoms with Crippen molar-refractivity contribution in [2.45, 2.75) is 67.9 Å². The van der Waals surface area contributed by atoms with Gasteiger partial charge in [0.2, 0.25) is 11.7 Å². The summed E-state index contributed by atoms with van der Waals surface area (Å²) in [5.74, 6) is 2.24. The van der Waals surface area contributed by atoms with Crippen molar-refractivity contribution in [1.82, 2.24) is 9.55 Å². The zero-order valence-electron chi connectivity index (χ0n) is 23.7. The molecule has 1 N–H and O–H groups in total. The lowest BCUT2D eigenvalue weighted by atomic mass is 10.1. The Kier molecular flexibility index (Phi) is 14.9. The molecule has 0 aliphatic heterocycles. The van der Waals surface area contributed by atoms with E-state index in [-0.39, 0.29) is 5.75 Å². The number of nitrogens with zero attached hydrogens (tertiary/aromatic N) is 2. The Hall–Kier alpha value is -3.80. The van der Waals surface area contributed by atoms with Crippen molar-refractivity contribution in [1.29, 1.82) is 0 Å². The van der Waals surface area contributed by atoms with Crippen molar-refractivity contribution in [3.05, 3.63) is 100 Å². The highest BCUT2D eigenvalue weighted by Crippen LogP contribution is 2.30. The van der Waals surface area contributed by atoms with Gasteiger partial charge in [-0.1, -0.05) is 84.0 Å². The van der Waals surface area contributed by atoms with Crippen molar-refractivity contribution in [3.63, 3.8) is 0 Å². The molecule has 0 radical (unpaired) electrons. The summed E-state index contributed by atoms with van der Waals surface area (Å²) in [6, 6.07) is 15.8. The SMILES string of the molecule is CC.CC.CC.COc1cn(Cc2ccccc2)c(Nc2cccc(OC3=CCCC=C3)c2C)nc1=O. The van der Waals surface area contributed by atoms with Crippen LogP contribution in [0.5, 0.6) is 11.5 Å². The predicted octanol–water partition coefficient (Wildman–Crippen LogP) is 8.04. The maximum atomic E-state index is 12.4. The van der Waals surface area contributed by atoms with Gasteiger partial charge >= 0.3 is 5.56 Å². The molecule has 6 heteroatoms. The van der Waals surface area contributed by atoms with Crippen LogP contribution in [0.25, 0.3) is 0 Å². The summed E-state index contributed by atoms with van der Waals surface area (Å²) in [6.07, 6.45) is 9.88. The highest BCUT2D eigenvalue weighted by Gasteiger charge is 2.13. The van der Waals surface area contributed by atoms with E-state index >= 15 is 0 Å². The van der Waals surface area contributed by atoms with Crippen molar-refractivity contribution < 1.29 is 9.47 Å². The van der Waals surface area contributed by atoms with E-state index in [1.807, 2.05) is 108 Å². The molecule has 0 spiro atoms. The number of hydrogen-bond acceptors (Lipinski definition) is 5. The Morgan fingerprint density at radius 1 is 0.919 bits per heavy atom. The molecule has 0 amide bonds. The van der Waals surface area contributed by atoms with Crippen molar-refractivity contribution in [2.75, 3.05) is 12.4 Å². The molecule has 0 unspecified atom stereocenters. The van der Waals surface area contributed by atoms with Crippen LogP contribution in [-0.2, 0) is 6.54 Å². The molecule has 3 aromatic rings. The third-order valence-corrected chi connectivity index (χ3v) is 5.10. The number of ether oxygens (including phenoxy) is 2. The van der Waals surface area contributed by atoms with Crippen molar-refractivity contribution in [3.8, 4) is 11.5 Å². The molecule has 4 rings (SSSR count).